The molecule has 1 saturated heterocycles. The van der Waals surface area contributed by atoms with Gasteiger partial charge in [0.2, 0.25) is 5.95 Å². The van der Waals surface area contributed by atoms with E-state index < -0.39 is 0 Å². The molecule has 1 aliphatic heterocycles. The molecule has 2 heterocycles. The Morgan fingerprint density at radius 2 is 1.82 bits per heavy atom. The lowest BCUT2D eigenvalue weighted by molar-refractivity contribution is 0.257. The molecule has 5 heteroatoms. The van der Waals surface area contributed by atoms with Gasteiger partial charge in [-0.1, -0.05) is 22.9 Å². The second kappa shape index (κ2) is 6.31. The minimum Gasteiger partial charge on any atom is -0.338 e. The Labute approximate surface area is 111 Å². The number of rotatable bonds is 4. The van der Waals surface area contributed by atoms with Crippen LogP contribution < -0.4 is 4.90 Å². The Bertz CT molecular complexity index is 333. The molecule has 0 saturated carbocycles. The summed E-state index contributed by atoms with van der Waals surface area (Å²) in [5, 5.41) is 0.817. The van der Waals surface area contributed by atoms with Crippen LogP contribution in [0.2, 0.25) is 0 Å². The number of nitrogens with zero attached hydrogens (tertiary/aromatic N) is 4. The zero-order valence-electron chi connectivity index (χ0n) is 10.3. The van der Waals surface area contributed by atoms with Crippen molar-refractivity contribution in [3.8, 4) is 0 Å². The molecule has 2 rings (SSSR count). The van der Waals surface area contributed by atoms with E-state index in [0.717, 1.165) is 43.0 Å². The zero-order chi connectivity index (χ0) is 12.1. The molecule has 0 unspecified atom stereocenters. The van der Waals surface area contributed by atoms with E-state index in [1.807, 2.05) is 12.4 Å². The number of piperazine rings is 1. The van der Waals surface area contributed by atoms with Crippen molar-refractivity contribution in [2.75, 3.05) is 37.6 Å². The molecule has 1 aromatic rings. The van der Waals surface area contributed by atoms with Crippen LogP contribution in [0, 0.1) is 0 Å². The van der Waals surface area contributed by atoms with Gasteiger partial charge in [0.15, 0.2) is 0 Å². The summed E-state index contributed by atoms with van der Waals surface area (Å²) < 4.78 is 0. The van der Waals surface area contributed by atoms with E-state index in [4.69, 9.17) is 0 Å². The first-order chi connectivity index (χ1) is 8.33. The Hall–Kier alpha value is -0.680. The highest BCUT2D eigenvalue weighted by molar-refractivity contribution is 9.08. The van der Waals surface area contributed by atoms with E-state index in [1.165, 1.54) is 13.0 Å². The molecule has 0 amide bonds. The third kappa shape index (κ3) is 3.39. The minimum atomic E-state index is 0.817. The number of anilines is 1. The standard InChI is InChI=1S/C12H19BrN4/c1-2-3-16-4-6-17(7-5-16)12-14-9-11(8-13)10-15-12/h9-10H,2-8H2,1H3. The summed E-state index contributed by atoms with van der Waals surface area (Å²) in [6.07, 6.45) is 5.03. The highest BCUT2D eigenvalue weighted by Crippen LogP contribution is 2.12. The molecular weight excluding hydrogens is 280 g/mol. The smallest absolute Gasteiger partial charge is 0.225 e. The van der Waals surface area contributed by atoms with Crippen molar-refractivity contribution in [2.45, 2.75) is 18.7 Å². The molecule has 17 heavy (non-hydrogen) atoms. The van der Waals surface area contributed by atoms with E-state index in [-0.39, 0.29) is 0 Å². The summed E-state index contributed by atoms with van der Waals surface area (Å²) in [6, 6.07) is 0. The molecule has 4 nitrogen and oxygen atoms in total. The van der Waals surface area contributed by atoms with Gasteiger partial charge in [-0.25, -0.2) is 9.97 Å². The lowest BCUT2D eigenvalue weighted by atomic mass is 10.3. The quantitative estimate of drug-likeness (QED) is 0.795. The van der Waals surface area contributed by atoms with Crippen LogP contribution in [0.5, 0.6) is 0 Å². The largest absolute Gasteiger partial charge is 0.338 e. The lowest BCUT2D eigenvalue weighted by Gasteiger charge is -2.34. The van der Waals surface area contributed by atoms with Crippen molar-refractivity contribution in [2.24, 2.45) is 0 Å². The average Bonchev–Trinajstić information content (AvgIpc) is 2.40. The van der Waals surface area contributed by atoms with E-state index in [0.29, 0.717) is 0 Å². The van der Waals surface area contributed by atoms with Crippen LogP contribution in [-0.2, 0) is 5.33 Å². The fourth-order valence-corrected chi connectivity index (χ4v) is 2.36. The summed E-state index contributed by atoms with van der Waals surface area (Å²) in [5.41, 5.74) is 1.12. The summed E-state index contributed by atoms with van der Waals surface area (Å²) in [4.78, 5) is 13.6. The second-order valence-electron chi connectivity index (χ2n) is 4.35. The molecule has 0 bridgehead atoms. The van der Waals surface area contributed by atoms with E-state index >= 15 is 0 Å². The van der Waals surface area contributed by atoms with Crippen LogP contribution >= 0.6 is 15.9 Å². The molecule has 94 valence electrons. The predicted molar refractivity (Wildman–Crippen MR) is 73.6 cm³/mol. The fraction of sp³-hybridized carbons (Fsp3) is 0.667. The van der Waals surface area contributed by atoms with E-state index in [9.17, 15) is 0 Å². The lowest BCUT2D eigenvalue weighted by Crippen LogP contribution is -2.47. The number of hydrogen-bond donors (Lipinski definition) is 0. The van der Waals surface area contributed by atoms with Crippen LogP contribution in [0.3, 0.4) is 0 Å². The molecule has 0 N–H and O–H groups in total. The summed E-state index contributed by atoms with van der Waals surface area (Å²) in [5.74, 6) is 0.867. The van der Waals surface area contributed by atoms with Gasteiger partial charge >= 0.3 is 0 Å². The summed E-state index contributed by atoms with van der Waals surface area (Å²) in [7, 11) is 0. The van der Waals surface area contributed by atoms with Crippen LogP contribution in [0.15, 0.2) is 12.4 Å². The van der Waals surface area contributed by atoms with Crippen LogP contribution in [0.25, 0.3) is 0 Å². The molecule has 0 radical (unpaired) electrons. The van der Waals surface area contributed by atoms with Crippen molar-refractivity contribution in [3.63, 3.8) is 0 Å². The number of alkyl halides is 1. The first-order valence-corrected chi connectivity index (χ1v) is 7.30. The van der Waals surface area contributed by atoms with Crippen molar-refractivity contribution >= 4 is 21.9 Å². The average molecular weight is 299 g/mol. The minimum absolute atomic E-state index is 0.817. The highest BCUT2D eigenvalue weighted by atomic mass is 79.9. The Morgan fingerprint density at radius 3 is 2.35 bits per heavy atom. The Morgan fingerprint density at radius 1 is 1.18 bits per heavy atom. The van der Waals surface area contributed by atoms with Gasteiger partial charge in [-0.05, 0) is 18.5 Å². The van der Waals surface area contributed by atoms with Crippen molar-refractivity contribution in [1.82, 2.24) is 14.9 Å². The highest BCUT2D eigenvalue weighted by Gasteiger charge is 2.17. The normalized spacial score (nSPS) is 17.4. The van der Waals surface area contributed by atoms with Gasteiger partial charge in [0.05, 0.1) is 0 Å². The molecule has 1 aliphatic rings. The molecule has 0 atom stereocenters. The maximum absolute atomic E-state index is 4.41. The van der Waals surface area contributed by atoms with Crippen molar-refractivity contribution < 1.29 is 0 Å². The molecule has 0 aliphatic carbocycles. The van der Waals surface area contributed by atoms with Gasteiger partial charge in [-0.15, -0.1) is 0 Å². The summed E-state index contributed by atoms with van der Waals surface area (Å²) in [6.45, 7) is 7.75. The van der Waals surface area contributed by atoms with E-state index in [1.54, 1.807) is 0 Å². The van der Waals surface area contributed by atoms with Gasteiger partial charge < -0.3 is 4.90 Å². The van der Waals surface area contributed by atoms with Crippen molar-refractivity contribution in [3.05, 3.63) is 18.0 Å². The molecule has 0 spiro atoms. The Balaban J connectivity index is 1.91. The number of hydrogen-bond acceptors (Lipinski definition) is 4. The first-order valence-electron chi connectivity index (χ1n) is 6.17. The Kier molecular flexibility index (Phi) is 4.74. The topological polar surface area (TPSA) is 32.3 Å². The van der Waals surface area contributed by atoms with Crippen LogP contribution in [0.1, 0.15) is 18.9 Å². The predicted octanol–water partition coefficient (Wildman–Crippen LogP) is 1.90. The van der Waals surface area contributed by atoms with Gasteiger partial charge in [-0.3, -0.25) is 4.90 Å². The zero-order valence-corrected chi connectivity index (χ0v) is 11.9. The second-order valence-corrected chi connectivity index (χ2v) is 4.91. The van der Waals surface area contributed by atoms with Crippen LogP contribution in [-0.4, -0.2) is 47.6 Å². The van der Waals surface area contributed by atoms with Gasteiger partial charge in [0, 0.05) is 43.9 Å². The van der Waals surface area contributed by atoms with Crippen molar-refractivity contribution in [1.29, 1.82) is 0 Å². The first kappa shape index (κ1) is 12.8. The molecule has 1 fully saturated rings. The van der Waals surface area contributed by atoms with Gasteiger partial charge in [-0.2, -0.15) is 0 Å². The van der Waals surface area contributed by atoms with Gasteiger partial charge in [0.25, 0.3) is 0 Å². The van der Waals surface area contributed by atoms with Gasteiger partial charge in [0.1, 0.15) is 0 Å². The SMILES string of the molecule is CCCN1CCN(c2ncc(CBr)cn2)CC1. The molecular formula is C12H19BrN4. The summed E-state index contributed by atoms with van der Waals surface area (Å²) >= 11 is 3.40. The maximum Gasteiger partial charge on any atom is 0.225 e. The fourth-order valence-electron chi connectivity index (χ4n) is 2.07. The van der Waals surface area contributed by atoms with E-state index in [2.05, 4.69) is 42.6 Å². The molecule has 0 aromatic carbocycles. The maximum atomic E-state index is 4.41. The third-order valence-electron chi connectivity index (χ3n) is 3.04. The number of aromatic nitrogens is 2. The monoisotopic (exact) mass is 298 g/mol. The van der Waals surface area contributed by atoms with Crippen LogP contribution in [0.4, 0.5) is 5.95 Å². The molecule has 1 aromatic heterocycles. The number of halogens is 1. The third-order valence-corrected chi connectivity index (χ3v) is 3.69.